The zero-order valence-electron chi connectivity index (χ0n) is 11.9. The van der Waals surface area contributed by atoms with Gasteiger partial charge in [-0.3, -0.25) is 24.3 Å². The molecule has 11 heteroatoms. The minimum atomic E-state index is -3.92. The van der Waals surface area contributed by atoms with Crippen molar-refractivity contribution < 1.29 is 22.9 Å². The summed E-state index contributed by atoms with van der Waals surface area (Å²) in [7, 11) is -2.69. The number of esters is 1. The predicted octanol–water partition coefficient (Wildman–Crippen LogP) is 0.765. The Morgan fingerprint density at radius 3 is 2.61 bits per heavy atom. The molecule has 1 heterocycles. The van der Waals surface area contributed by atoms with Gasteiger partial charge >= 0.3 is 5.97 Å². The molecule has 0 aliphatic rings. The van der Waals surface area contributed by atoms with E-state index in [2.05, 4.69) is 14.6 Å². The van der Waals surface area contributed by atoms with Gasteiger partial charge in [-0.05, 0) is 12.1 Å². The first-order chi connectivity index (χ1) is 10.8. The fourth-order valence-corrected chi connectivity index (χ4v) is 2.69. The van der Waals surface area contributed by atoms with Crippen molar-refractivity contribution in [1.29, 1.82) is 0 Å². The van der Waals surface area contributed by atoms with E-state index in [-0.39, 0.29) is 22.8 Å². The molecule has 0 atom stereocenters. The van der Waals surface area contributed by atoms with Crippen LogP contribution in [0.5, 0.6) is 0 Å². The number of hydrogen-bond acceptors (Lipinski definition) is 7. The number of hydrogen-bond donors (Lipinski definition) is 1. The van der Waals surface area contributed by atoms with E-state index in [9.17, 15) is 23.3 Å². The van der Waals surface area contributed by atoms with Crippen LogP contribution in [-0.2, 0) is 26.1 Å². The van der Waals surface area contributed by atoms with Crippen LogP contribution in [0.15, 0.2) is 41.6 Å². The van der Waals surface area contributed by atoms with Gasteiger partial charge in [-0.2, -0.15) is 5.10 Å². The number of carbonyl (C=O) groups is 1. The highest BCUT2D eigenvalue weighted by Crippen LogP contribution is 2.18. The average Bonchev–Trinajstić information content (AvgIpc) is 2.93. The lowest BCUT2D eigenvalue weighted by molar-refractivity contribution is -0.384. The predicted molar refractivity (Wildman–Crippen MR) is 78.1 cm³/mol. The van der Waals surface area contributed by atoms with Crippen molar-refractivity contribution in [3.8, 4) is 0 Å². The third-order valence-electron chi connectivity index (χ3n) is 2.76. The number of nitro groups is 1. The second kappa shape index (κ2) is 6.44. The van der Waals surface area contributed by atoms with Gasteiger partial charge in [0.15, 0.2) is 0 Å². The van der Waals surface area contributed by atoms with Crippen LogP contribution in [0.25, 0.3) is 0 Å². The van der Waals surface area contributed by atoms with E-state index in [1.807, 2.05) is 0 Å². The lowest BCUT2D eigenvalue weighted by Crippen LogP contribution is -2.13. The maximum absolute atomic E-state index is 12.2. The highest BCUT2D eigenvalue weighted by Gasteiger charge is 2.17. The minimum Gasteiger partial charge on any atom is -0.468 e. The molecular weight excluding hydrogens is 328 g/mol. The molecule has 0 bridgehead atoms. The van der Waals surface area contributed by atoms with Crippen molar-refractivity contribution in [2.75, 3.05) is 11.8 Å². The Kier molecular flexibility index (Phi) is 4.60. The molecule has 2 rings (SSSR count). The van der Waals surface area contributed by atoms with Crippen LogP contribution in [0.4, 0.5) is 11.4 Å². The molecule has 1 aromatic carbocycles. The molecule has 0 unspecified atom stereocenters. The van der Waals surface area contributed by atoms with Crippen molar-refractivity contribution in [2.45, 2.75) is 11.4 Å². The first kappa shape index (κ1) is 16.4. The van der Waals surface area contributed by atoms with Crippen LogP contribution in [0.3, 0.4) is 0 Å². The van der Waals surface area contributed by atoms with Crippen molar-refractivity contribution >= 4 is 27.4 Å². The smallest absolute Gasteiger partial charge is 0.327 e. The molecule has 0 saturated heterocycles. The van der Waals surface area contributed by atoms with Crippen molar-refractivity contribution in [2.24, 2.45) is 0 Å². The molecule has 0 fully saturated rings. The van der Waals surface area contributed by atoms with E-state index in [4.69, 9.17) is 0 Å². The SMILES string of the molecule is COC(=O)Cn1cc(NS(=O)(=O)c2ccc([N+](=O)[O-])cc2)cn1. The quantitative estimate of drug-likeness (QED) is 0.466. The minimum absolute atomic E-state index is 0.135. The van der Waals surface area contributed by atoms with Gasteiger partial charge in [0.1, 0.15) is 6.54 Å². The van der Waals surface area contributed by atoms with Crippen LogP contribution in [0, 0.1) is 10.1 Å². The van der Waals surface area contributed by atoms with Gasteiger partial charge in [-0.15, -0.1) is 0 Å². The van der Waals surface area contributed by atoms with Crippen LogP contribution < -0.4 is 4.72 Å². The van der Waals surface area contributed by atoms with Crippen LogP contribution in [-0.4, -0.2) is 36.2 Å². The lowest BCUT2D eigenvalue weighted by Gasteiger charge is -2.05. The molecule has 122 valence electrons. The van der Waals surface area contributed by atoms with Crippen LogP contribution >= 0.6 is 0 Å². The molecule has 1 N–H and O–H groups in total. The highest BCUT2D eigenvalue weighted by atomic mass is 32.2. The van der Waals surface area contributed by atoms with Gasteiger partial charge in [-0.25, -0.2) is 8.42 Å². The molecular formula is C12H12N4O6S. The number of carbonyl (C=O) groups excluding carboxylic acids is 1. The first-order valence-electron chi connectivity index (χ1n) is 6.18. The van der Waals surface area contributed by atoms with E-state index in [1.54, 1.807) is 0 Å². The Hall–Kier alpha value is -2.95. The summed E-state index contributed by atoms with van der Waals surface area (Å²) in [5, 5.41) is 14.4. The fraction of sp³-hybridized carbons (Fsp3) is 0.167. The van der Waals surface area contributed by atoms with Gasteiger partial charge in [0.05, 0.1) is 28.8 Å². The number of non-ortho nitro benzene ring substituents is 1. The van der Waals surface area contributed by atoms with E-state index < -0.39 is 20.9 Å². The third kappa shape index (κ3) is 4.03. The Labute approximate surface area is 130 Å². The number of nitro benzene ring substituents is 1. The van der Waals surface area contributed by atoms with Crippen LogP contribution in [0.2, 0.25) is 0 Å². The second-order valence-electron chi connectivity index (χ2n) is 4.36. The standard InChI is InChI=1S/C12H12N4O6S/c1-22-12(17)8-15-7-9(6-13-15)14-23(20,21)11-4-2-10(3-5-11)16(18)19/h2-7,14H,8H2,1H3. The molecule has 0 amide bonds. The summed E-state index contributed by atoms with van der Waals surface area (Å²) in [4.78, 5) is 20.9. The Morgan fingerprint density at radius 1 is 1.39 bits per heavy atom. The zero-order valence-corrected chi connectivity index (χ0v) is 12.7. The van der Waals surface area contributed by atoms with Crippen LogP contribution in [0.1, 0.15) is 0 Å². The topological polar surface area (TPSA) is 133 Å². The fourth-order valence-electron chi connectivity index (χ4n) is 1.66. The molecule has 0 spiro atoms. The lowest BCUT2D eigenvalue weighted by atomic mass is 10.3. The average molecular weight is 340 g/mol. The van der Waals surface area contributed by atoms with Gasteiger partial charge < -0.3 is 4.74 Å². The molecule has 2 aromatic rings. The summed E-state index contributed by atoms with van der Waals surface area (Å²) < 4.78 is 32.3. The summed E-state index contributed by atoms with van der Waals surface area (Å²) >= 11 is 0. The number of ether oxygens (including phenoxy) is 1. The monoisotopic (exact) mass is 340 g/mol. The number of sulfonamides is 1. The third-order valence-corrected chi connectivity index (χ3v) is 4.16. The van der Waals surface area contributed by atoms with Crippen molar-refractivity contribution in [3.63, 3.8) is 0 Å². The number of anilines is 1. The molecule has 0 radical (unpaired) electrons. The Morgan fingerprint density at radius 2 is 2.04 bits per heavy atom. The van der Waals surface area contributed by atoms with Gasteiger partial charge in [0.25, 0.3) is 15.7 Å². The maximum atomic E-state index is 12.2. The second-order valence-corrected chi connectivity index (χ2v) is 6.04. The summed E-state index contributed by atoms with van der Waals surface area (Å²) in [5.41, 5.74) is -0.0675. The van der Waals surface area contributed by atoms with Gasteiger partial charge in [0, 0.05) is 18.3 Å². The number of aromatic nitrogens is 2. The molecule has 0 aliphatic carbocycles. The van der Waals surface area contributed by atoms with E-state index in [0.29, 0.717) is 0 Å². The zero-order chi connectivity index (χ0) is 17.0. The first-order valence-corrected chi connectivity index (χ1v) is 7.66. The largest absolute Gasteiger partial charge is 0.468 e. The summed E-state index contributed by atoms with van der Waals surface area (Å²) in [5.74, 6) is -0.530. The number of nitrogens with one attached hydrogen (secondary N) is 1. The van der Waals surface area contributed by atoms with E-state index >= 15 is 0 Å². The summed E-state index contributed by atoms with van der Waals surface area (Å²) in [6, 6.07) is 4.43. The van der Waals surface area contributed by atoms with E-state index in [0.717, 1.165) is 24.3 Å². The van der Waals surface area contributed by atoms with Crippen molar-refractivity contribution in [3.05, 3.63) is 46.8 Å². The summed E-state index contributed by atoms with van der Waals surface area (Å²) in [6.07, 6.45) is 2.55. The van der Waals surface area contributed by atoms with Crippen molar-refractivity contribution in [1.82, 2.24) is 9.78 Å². The summed E-state index contributed by atoms with van der Waals surface area (Å²) in [6.45, 7) is -0.157. The Bertz CT molecular complexity index is 827. The maximum Gasteiger partial charge on any atom is 0.327 e. The number of rotatable bonds is 6. The molecule has 0 aliphatic heterocycles. The van der Waals surface area contributed by atoms with Gasteiger partial charge in [-0.1, -0.05) is 0 Å². The van der Waals surface area contributed by atoms with E-state index in [1.165, 1.54) is 24.2 Å². The normalized spacial score (nSPS) is 11.0. The number of methoxy groups -OCH3 is 1. The number of nitrogens with zero attached hydrogens (tertiary/aromatic N) is 3. The number of benzene rings is 1. The molecule has 0 saturated carbocycles. The molecule has 10 nitrogen and oxygen atoms in total. The molecule has 1 aromatic heterocycles. The van der Waals surface area contributed by atoms with Gasteiger partial charge in [0.2, 0.25) is 0 Å². The molecule has 23 heavy (non-hydrogen) atoms. The Balaban J connectivity index is 2.14. The highest BCUT2D eigenvalue weighted by molar-refractivity contribution is 7.92.